The summed E-state index contributed by atoms with van der Waals surface area (Å²) in [6.07, 6.45) is 3.91. The summed E-state index contributed by atoms with van der Waals surface area (Å²) in [5, 5.41) is 11.0. The van der Waals surface area contributed by atoms with E-state index in [1.807, 2.05) is 6.20 Å². The molecule has 1 aromatic heterocycles. The largest absolute Gasteiger partial charge is 0.354 e. The van der Waals surface area contributed by atoms with E-state index in [-0.39, 0.29) is 0 Å². The van der Waals surface area contributed by atoms with E-state index in [0.29, 0.717) is 0 Å². The van der Waals surface area contributed by atoms with Gasteiger partial charge in [0.2, 0.25) is 0 Å². The summed E-state index contributed by atoms with van der Waals surface area (Å²) >= 11 is 0. The van der Waals surface area contributed by atoms with Crippen LogP contribution < -0.4 is 4.90 Å². The van der Waals surface area contributed by atoms with Crippen LogP contribution in [0.1, 0.15) is 24.0 Å². The van der Waals surface area contributed by atoms with Crippen molar-refractivity contribution in [2.24, 2.45) is 0 Å². The molecule has 1 saturated heterocycles. The predicted molar refractivity (Wildman–Crippen MR) is 120 cm³/mol. The number of aromatic nitrogens is 2. The molecule has 0 atom stereocenters. The summed E-state index contributed by atoms with van der Waals surface area (Å²) in [7, 11) is 0. The molecule has 0 radical (unpaired) electrons. The maximum Gasteiger partial charge on any atom is 0.159 e. The maximum atomic E-state index is 4.48. The van der Waals surface area contributed by atoms with Gasteiger partial charge < -0.3 is 4.90 Å². The van der Waals surface area contributed by atoms with Gasteiger partial charge in [-0.2, -0.15) is 5.10 Å². The van der Waals surface area contributed by atoms with Gasteiger partial charge in [0.1, 0.15) is 0 Å². The second-order valence-electron chi connectivity index (χ2n) is 7.45. The maximum absolute atomic E-state index is 4.48. The van der Waals surface area contributed by atoms with Crippen molar-refractivity contribution in [2.45, 2.75) is 12.8 Å². The quantitative estimate of drug-likeness (QED) is 0.456. The van der Waals surface area contributed by atoms with Crippen LogP contribution in [0.2, 0.25) is 0 Å². The van der Waals surface area contributed by atoms with Gasteiger partial charge in [-0.05, 0) is 29.5 Å². The van der Waals surface area contributed by atoms with E-state index in [1.165, 1.54) is 27.7 Å². The summed E-state index contributed by atoms with van der Waals surface area (Å²) in [5.41, 5.74) is 5.50. The Bertz CT molecular complexity index is 1090. The van der Waals surface area contributed by atoms with Crippen LogP contribution in [0.5, 0.6) is 0 Å². The van der Waals surface area contributed by atoms with Crippen LogP contribution in [0.15, 0.2) is 96.7 Å². The number of hydrogen-bond donors (Lipinski definition) is 0. The third kappa shape index (κ3) is 3.52. The van der Waals surface area contributed by atoms with Gasteiger partial charge in [0.15, 0.2) is 5.82 Å². The second-order valence-corrected chi connectivity index (χ2v) is 7.45. The zero-order valence-electron chi connectivity index (χ0n) is 16.3. The van der Waals surface area contributed by atoms with Gasteiger partial charge in [0.25, 0.3) is 0 Å². The van der Waals surface area contributed by atoms with Gasteiger partial charge in [0.05, 0.1) is 6.20 Å². The van der Waals surface area contributed by atoms with Gasteiger partial charge in [-0.3, -0.25) is 0 Å². The molecule has 0 amide bonds. The van der Waals surface area contributed by atoms with Crippen molar-refractivity contribution in [3.8, 4) is 0 Å². The minimum Gasteiger partial charge on any atom is -0.354 e. The highest BCUT2D eigenvalue weighted by Gasteiger charge is 2.21. The third-order valence-corrected chi connectivity index (χ3v) is 5.70. The molecule has 1 aliphatic heterocycles. The van der Waals surface area contributed by atoms with Gasteiger partial charge in [-0.25, -0.2) is 0 Å². The highest BCUT2D eigenvalue weighted by molar-refractivity contribution is 5.91. The molecule has 3 aromatic carbocycles. The zero-order valence-corrected chi connectivity index (χ0v) is 16.3. The lowest BCUT2D eigenvalue weighted by Crippen LogP contribution is -2.32. The first-order chi connectivity index (χ1) is 14.4. The number of benzene rings is 3. The van der Waals surface area contributed by atoms with Crippen molar-refractivity contribution >= 4 is 22.2 Å². The average Bonchev–Trinajstić information content (AvgIpc) is 2.81. The van der Waals surface area contributed by atoms with Crippen molar-refractivity contribution in [1.82, 2.24) is 10.2 Å². The number of nitrogens with zero attached hydrogens (tertiary/aromatic N) is 3. The Morgan fingerprint density at radius 2 is 1.28 bits per heavy atom. The smallest absolute Gasteiger partial charge is 0.159 e. The van der Waals surface area contributed by atoms with Crippen LogP contribution >= 0.6 is 0 Å². The molecular formula is C26H23N3. The zero-order chi connectivity index (χ0) is 19.5. The van der Waals surface area contributed by atoms with Gasteiger partial charge in [-0.15, -0.1) is 5.10 Å². The molecule has 29 heavy (non-hydrogen) atoms. The highest BCUT2D eigenvalue weighted by atomic mass is 15.3. The van der Waals surface area contributed by atoms with E-state index in [0.717, 1.165) is 37.1 Å². The molecule has 4 aromatic rings. The van der Waals surface area contributed by atoms with Crippen molar-refractivity contribution in [3.05, 3.63) is 108 Å². The molecule has 5 rings (SSSR count). The molecule has 0 N–H and O–H groups in total. The molecule has 2 heterocycles. The topological polar surface area (TPSA) is 29.0 Å². The normalized spacial score (nSPS) is 14.2. The fourth-order valence-corrected chi connectivity index (χ4v) is 4.27. The molecule has 3 heteroatoms. The molecular weight excluding hydrogens is 354 g/mol. The number of fused-ring (bicyclic) bond motifs is 1. The van der Waals surface area contributed by atoms with Crippen LogP contribution in [0, 0.1) is 0 Å². The lowest BCUT2D eigenvalue weighted by atomic mass is 9.88. The summed E-state index contributed by atoms with van der Waals surface area (Å²) < 4.78 is 0. The predicted octanol–water partition coefficient (Wildman–Crippen LogP) is 5.73. The third-order valence-electron chi connectivity index (χ3n) is 5.70. The van der Waals surface area contributed by atoms with E-state index in [1.54, 1.807) is 0 Å². The fourth-order valence-electron chi connectivity index (χ4n) is 4.27. The number of piperidine rings is 1. The minimum absolute atomic E-state index is 0.960. The number of rotatable bonds is 3. The molecule has 0 saturated carbocycles. The van der Waals surface area contributed by atoms with Gasteiger partial charge in [-0.1, -0.05) is 90.5 Å². The Kier molecular flexibility index (Phi) is 4.79. The molecule has 1 fully saturated rings. The fraction of sp³-hybridized carbons (Fsp3) is 0.154. The lowest BCUT2D eigenvalue weighted by molar-refractivity contribution is 0.676. The Balaban J connectivity index is 1.49. The molecule has 142 valence electrons. The van der Waals surface area contributed by atoms with E-state index in [4.69, 9.17) is 0 Å². The first-order valence-corrected chi connectivity index (χ1v) is 10.2. The Hall–Kier alpha value is -3.46. The minimum atomic E-state index is 0.960. The Morgan fingerprint density at radius 1 is 0.690 bits per heavy atom. The van der Waals surface area contributed by atoms with Crippen LogP contribution in [-0.2, 0) is 0 Å². The standard InChI is InChI=1S/C26H23N3/c1-3-9-20(10-4-1)25(21-11-5-2-6-12-21)22-15-17-29(18-16-22)26-24-14-8-7-13-23(24)19-27-28-26/h1-14,19H,15-18H2. The summed E-state index contributed by atoms with van der Waals surface area (Å²) in [5.74, 6) is 1.00. The van der Waals surface area contributed by atoms with Crippen LogP contribution in [0.4, 0.5) is 5.82 Å². The van der Waals surface area contributed by atoms with Crippen molar-refractivity contribution in [2.75, 3.05) is 18.0 Å². The highest BCUT2D eigenvalue weighted by Crippen LogP contribution is 2.34. The summed E-state index contributed by atoms with van der Waals surface area (Å²) in [6.45, 7) is 1.92. The van der Waals surface area contributed by atoms with Crippen molar-refractivity contribution in [1.29, 1.82) is 0 Å². The molecule has 0 unspecified atom stereocenters. The van der Waals surface area contributed by atoms with E-state index in [2.05, 4.69) is 100 Å². The van der Waals surface area contributed by atoms with Crippen LogP contribution in [0.3, 0.4) is 0 Å². The first kappa shape index (κ1) is 17.6. The van der Waals surface area contributed by atoms with Crippen LogP contribution in [0.25, 0.3) is 16.3 Å². The van der Waals surface area contributed by atoms with Crippen LogP contribution in [-0.4, -0.2) is 23.3 Å². The molecule has 3 nitrogen and oxygen atoms in total. The SMILES string of the molecule is c1ccc(C(=C2CCN(c3nncc4ccccc34)CC2)c2ccccc2)cc1. The average molecular weight is 377 g/mol. The Labute approximate surface area is 171 Å². The van der Waals surface area contributed by atoms with E-state index >= 15 is 0 Å². The van der Waals surface area contributed by atoms with Gasteiger partial charge in [0, 0.05) is 23.9 Å². The van der Waals surface area contributed by atoms with E-state index in [9.17, 15) is 0 Å². The van der Waals surface area contributed by atoms with E-state index < -0.39 is 0 Å². The van der Waals surface area contributed by atoms with Crippen molar-refractivity contribution < 1.29 is 0 Å². The lowest BCUT2D eigenvalue weighted by Gasteiger charge is -2.31. The first-order valence-electron chi connectivity index (χ1n) is 10.2. The number of anilines is 1. The Morgan fingerprint density at radius 3 is 1.93 bits per heavy atom. The second kappa shape index (κ2) is 7.88. The molecule has 1 aliphatic rings. The molecule has 0 aliphatic carbocycles. The monoisotopic (exact) mass is 377 g/mol. The van der Waals surface area contributed by atoms with Crippen molar-refractivity contribution in [3.63, 3.8) is 0 Å². The summed E-state index contributed by atoms with van der Waals surface area (Å²) in [4.78, 5) is 2.38. The van der Waals surface area contributed by atoms with Gasteiger partial charge >= 0.3 is 0 Å². The molecule has 0 spiro atoms. The molecule has 0 bridgehead atoms. The number of hydrogen-bond acceptors (Lipinski definition) is 3. The summed E-state index contributed by atoms with van der Waals surface area (Å²) in [6, 6.07) is 29.9.